The Morgan fingerprint density at radius 2 is 1.79 bits per heavy atom. The van der Waals surface area contributed by atoms with Crippen LogP contribution in [0.1, 0.15) is 68.9 Å². The summed E-state index contributed by atoms with van der Waals surface area (Å²) in [6.07, 6.45) is 11.2. The van der Waals surface area contributed by atoms with Crippen LogP contribution in [0.3, 0.4) is 0 Å². The van der Waals surface area contributed by atoms with E-state index in [-0.39, 0.29) is 29.9 Å². The predicted molar refractivity (Wildman–Crippen MR) is 146 cm³/mol. The molecule has 6 nitrogen and oxygen atoms in total. The monoisotopic (exact) mass is 567 g/mol. The summed E-state index contributed by atoms with van der Waals surface area (Å²) in [4.78, 5) is 21.0. The number of carbonyl (C=O) groups is 1. The molecule has 7 heteroatoms. The maximum atomic E-state index is 11.9. The number of hydrogen-bond acceptors (Lipinski definition) is 3. The number of carbonyl (C=O) groups excluding carboxylic acids is 1. The summed E-state index contributed by atoms with van der Waals surface area (Å²) in [6, 6.07) is 9.04. The highest BCUT2D eigenvalue weighted by Gasteiger charge is 2.23. The molecule has 2 N–H and O–H groups in total. The van der Waals surface area contributed by atoms with Gasteiger partial charge in [-0.25, -0.2) is 0 Å². The Balaban J connectivity index is 0.00000306. The third kappa shape index (κ3) is 8.12. The zero-order valence-electron chi connectivity index (χ0n) is 20.2. The van der Waals surface area contributed by atoms with Crippen molar-refractivity contribution in [3.63, 3.8) is 0 Å². The van der Waals surface area contributed by atoms with Crippen LogP contribution in [-0.4, -0.2) is 60.9 Å². The topological polar surface area (TPSA) is 60.0 Å². The van der Waals surface area contributed by atoms with Gasteiger partial charge in [-0.2, -0.15) is 0 Å². The molecule has 2 aliphatic heterocycles. The third-order valence-corrected chi connectivity index (χ3v) is 7.39. The molecule has 0 bridgehead atoms. The smallest absolute Gasteiger partial charge is 0.222 e. The van der Waals surface area contributed by atoms with Crippen LogP contribution in [0.5, 0.6) is 0 Å². The first-order valence-corrected chi connectivity index (χ1v) is 12.7. The van der Waals surface area contributed by atoms with Crippen LogP contribution in [0.25, 0.3) is 0 Å². The fraction of sp³-hybridized carbons (Fsp3) is 0.692. The lowest BCUT2D eigenvalue weighted by Crippen LogP contribution is -2.49. The van der Waals surface area contributed by atoms with E-state index in [0.29, 0.717) is 12.5 Å². The number of hydrogen-bond donors (Lipinski definition) is 2. The fourth-order valence-electron chi connectivity index (χ4n) is 5.50. The van der Waals surface area contributed by atoms with Gasteiger partial charge in [-0.05, 0) is 49.1 Å². The van der Waals surface area contributed by atoms with Crippen molar-refractivity contribution < 1.29 is 4.79 Å². The van der Waals surface area contributed by atoms with Gasteiger partial charge in [0.05, 0.1) is 0 Å². The Kier molecular flexibility index (Phi) is 10.8. The highest BCUT2D eigenvalue weighted by atomic mass is 127. The van der Waals surface area contributed by atoms with Crippen molar-refractivity contribution in [3.05, 3.63) is 35.4 Å². The average Bonchev–Trinajstić information content (AvgIpc) is 3.23. The summed E-state index contributed by atoms with van der Waals surface area (Å²) in [7, 11) is 1.85. The molecule has 2 saturated heterocycles. The number of rotatable bonds is 7. The minimum Gasteiger partial charge on any atom is -0.354 e. The lowest BCUT2D eigenvalue weighted by molar-refractivity contribution is -0.128. The second-order valence-corrected chi connectivity index (χ2v) is 9.89. The van der Waals surface area contributed by atoms with E-state index < -0.39 is 0 Å². The highest BCUT2D eigenvalue weighted by molar-refractivity contribution is 14.0. The quantitative estimate of drug-likeness (QED) is 0.296. The van der Waals surface area contributed by atoms with Crippen molar-refractivity contribution in [2.75, 3.05) is 33.2 Å². The SMILES string of the molecule is CN=C(NCc1cccc(CN2CCCC2=O)c1)NC1CCN(CC2CCCCC2)CC1.I. The van der Waals surface area contributed by atoms with Gasteiger partial charge in [0.25, 0.3) is 0 Å². The summed E-state index contributed by atoms with van der Waals surface area (Å²) >= 11 is 0. The van der Waals surface area contributed by atoms with E-state index in [2.05, 4.69) is 44.8 Å². The second-order valence-electron chi connectivity index (χ2n) is 9.89. The summed E-state index contributed by atoms with van der Waals surface area (Å²) < 4.78 is 0. The van der Waals surface area contributed by atoms with E-state index in [1.165, 1.54) is 75.7 Å². The van der Waals surface area contributed by atoms with E-state index in [1.54, 1.807) is 0 Å². The molecule has 0 unspecified atom stereocenters. The molecule has 3 aliphatic rings. The van der Waals surface area contributed by atoms with Gasteiger partial charge >= 0.3 is 0 Å². The number of piperidine rings is 1. The molecule has 1 aliphatic carbocycles. The van der Waals surface area contributed by atoms with Crippen LogP contribution in [0, 0.1) is 5.92 Å². The van der Waals surface area contributed by atoms with Gasteiger partial charge in [0.2, 0.25) is 5.91 Å². The van der Waals surface area contributed by atoms with Gasteiger partial charge in [0.15, 0.2) is 5.96 Å². The van der Waals surface area contributed by atoms with Crippen molar-refractivity contribution >= 4 is 35.8 Å². The van der Waals surface area contributed by atoms with Crippen LogP contribution in [0.15, 0.2) is 29.3 Å². The molecule has 1 amide bonds. The van der Waals surface area contributed by atoms with Crippen molar-refractivity contribution in [2.24, 2.45) is 10.9 Å². The number of nitrogens with zero attached hydrogens (tertiary/aromatic N) is 3. The van der Waals surface area contributed by atoms with Crippen molar-refractivity contribution in [1.82, 2.24) is 20.4 Å². The summed E-state index contributed by atoms with van der Waals surface area (Å²) in [5.74, 6) is 2.10. The van der Waals surface area contributed by atoms with E-state index in [0.717, 1.165) is 37.9 Å². The molecule has 0 atom stereocenters. The summed E-state index contributed by atoms with van der Waals surface area (Å²) in [5, 5.41) is 7.12. The second kappa shape index (κ2) is 13.5. The largest absolute Gasteiger partial charge is 0.354 e. The van der Waals surface area contributed by atoms with Crippen LogP contribution >= 0.6 is 24.0 Å². The maximum absolute atomic E-state index is 11.9. The van der Waals surface area contributed by atoms with Crippen LogP contribution < -0.4 is 10.6 Å². The molecule has 0 spiro atoms. The Hall–Kier alpha value is -1.35. The molecule has 1 aromatic carbocycles. The molecule has 184 valence electrons. The molecule has 1 aromatic rings. The lowest BCUT2D eigenvalue weighted by atomic mass is 9.88. The molecule has 0 aromatic heterocycles. The number of halogens is 1. The maximum Gasteiger partial charge on any atom is 0.222 e. The molecular weight excluding hydrogens is 525 g/mol. The zero-order valence-corrected chi connectivity index (χ0v) is 22.6. The predicted octanol–water partition coefficient (Wildman–Crippen LogP) is 4.14. The normalized spacial score (nSPS) is 21.2. The third-order valence-electron chi connectivity index (χ3n) is 7.39. The van der Waals surface area contributed by atoms with Gasteiger partial charge in [-0.15, -0.1) is 24.0 Å². The minimum atomic E-state index is 0. The molecule has 33 heavy (non-hydrogen) atoms. The van der Waals surface area contributed by atoms with E-state index >= 15 is 0 Å². The van der Waals surface area contributed by atoms with E-state index in [4.69, 9.17) is 0 Å². The highest BCUT2D eigenvalue weighted by Crippen LogP contribution is 2.25. The fourth-order valence-corrected chi connectivity index (χ4v) is 5.50. The lowest BCUT2D eigenvalue weighted by Gasteiger charge is -2.36. The number of guanidine groups is 1. The summed E-state index contributed by atoms with van der Waals surface area (Å²) in [6.45, 7) is 6.04. The van der Waals surface area contributed by atoms with Gasteiger partial charge in [0, 0.05) is 58.8 Å². The number of nitrogens with one attached hydrogen (secondary N) is 2. The Bertz CT molecular complexity index is 772. The molecule has 2 heterocycles. The van der Waals surface area contributed by atoms with Crippen molar-refractivity contribution in [1.29, 1.82) is 0 Å². The van der Waals surface area contributed by atoms with Crippen LogP contribution in [-0.2, 0) is 17.9 Å². The molecule has 1 saturated carbocycles. The van der Waals surface area contributed by atoms with Gasteiger partial charge in [-0.1, -0.05) is 43.5 Å². The van der Waals surface area contributed by atoms with Gasteiger partial charge in [-0.3, -0.25) is 9.79 Å². The number of benzene rings is 1. The first kappa shape index (κ1) is 26.3. The molecule has 4 rings (SSSR count). The Morgan fingerprint density at radius 3 is 2.48 bits per heavy atom. The zero-order chi connectivity index (χ0) is 22.2. The first-order valence-electron chi connectivity index (χ1n) is 12.7. The Labute approximate surface area is 217 Å². The molecule has 3 fully saturated rings. The summed E-state index contributed by atoms with van der Waals surface area (Å²) in [5.41, 5.74) is 2.42. The number of aliphatic imine (C=N–C) groups is 1. The molecular formula is C26H42IN5O. The number of amides is 1. The van der Waals surface area contributed by atoms with Crippen molar-refractivity contribution in [3.8, 4) is 0 Å². The molecule has 0 radical (unpaired) electrons. The Morgan fingerprint density at radius 1 is 1.03 bits per heavy atom. The first-order chi connectivity index (χ1) is 15.7. The number of likely N-dealkylation sites (tertiary alicyclic amines) is 2. The van der Waals surface area contributed by atoms with E-state index in [1.807, 2.05) is 11.9 Å². The van der Waals surface area contributed by atoms with Crippen LogP contribution in [0.2, 0.25) is 0 Å². The minimum absolute atomic E-state index is 0. The van der Waals surface area contributed by atoms with Crippen LogP contribution in [0.4, 0.5) is 0 Å². The van der Waals surface area contributed by atoms with Crippen molar-refractivity contribution in [2.45, 2.75) is 76.9 Å². The van der Waals surface area contributed by atoms with E-state index in [9.17, 15) is 4.79 Å². The average molecular weight is 568 g/mol. The standard InChI is InChI=1S/C26H41N5O.HI/c1-27-26(29-24-12-15-30(16-13-24)19-21-7-3-2-4-8-21)28-18-22-9-5-10-23(17-22)20-31-14-6-11-25(31)32;/h5,9-10,17,21,24H,2-4,6-8,11-16,18-20H2,1H3,(H2,27,28,29);1H. The van der Waals surface area contributed by atoms with Gasteiger partial charge < -0.3 is 20.4 Å². The van der Waals surface area contributed by atoms with Gasteiger partial charge in [0.1, 0.15) is 0 Å².